The SMILES string of the molecule is O=c1c2ccccc2c(=O)c2c1ccc1cc3c(ccc4c(=O)c5ccccc5c(=O)c43)cc12. The van der Waals surface area contributed by atoms with Crippen molar-refractivity contribution in [2.75, 3.05) is 0 Å². The van der Waals surface area contributed by atoms with Crippen molar-refractivity contribution in [2.24, 2.45) is 0 Å². The van der Waals surface area contributed by atoms with E-state index in [0.717, 1.165) is 10.8 Å². The van der Waals surface area contributed by atoms with Crippen LogP contribution in [0.3, 0.4) is 0 Å². The van der Waals surface area contributed by atoms with Crippen LogP contribution in [0.25, 0.3) is 64.6 Å². The lowest BCUT2D eigenvalue weighted by molar-refractivity contribution is 1.67. The monoisotopic (exact) mass is 438 g/mol. The van der Waals surface area contributed by atoms with E-state index in [1.807, 2.05) is 12.1 Å². The minimum atomic E-state index is -0.187. The molecule has 0 aliphatic rings. The van der Waals surface area contributed by atoms with Gasteiger partial charge in [0, 0.05) is 43.1 Å². The van der Waals surface area contributed by atoms with Crippen molar-refractivity contribution in [2.45, 2.75) is 0 Å². The fraction of sp³-hybridized carbons (Fsp3) is 0. The second kappa shape index (κ2) is 6.42. The maximum absolute atomic E-state index is 13.4. The Balaban J connectivity index is 1.72. The van der Waals surface area contributed by atoms with E-state index in [9.17, 15) is 19.2 Å². The van der Waals surface area contributed by atoms with E-state index < -0.39 is 0 Å². The summed E-state index contributed by atoms with van der Waals surface area (Å²) in [5, 5.41) is 5.95. The first-order chi connectivity index (χ1) is 16.5. The Morgan fingerprint density at radius 1 is 0.324 bits per heavy atom. The molecule has 7 aromatic carbocycles. The molecule has 0 N–H and O–H groups in total. The van der Waals surface area contributed by atoms with Crippen LogP contribution < -0.4 is 21.7 Å². The first-order valence-corrected chi connectivity index (χ1v) is 10.9. The number of hydrogen-bond donors (Lipinski definition) is 0. The average Bonchev–Trinajstić information content (AvgIpc) is 2.88. The topological polar surface area (TPSA) is 68.3 Å². The molecular formula is C30H14O4. The molecule has 0 radical (unpaired) electrons. The summed E-state index contributed by atoms with van der Waals surface area (Å²) < 4.78 is 0. The van der Waals surface area contributed by atoms with Gasteiger partial charge in [0.2, 0.25) is 0 Å². The van der Waals surface area contributed by atoms with Gasteiger partial charge in [-0.25, -0.2) is 0 Å². The highest BCUT2D eigenvalue weighted by Gasteiger charge is 2.16. The van der Waals surface area contributed by atoms with Gasteiger partial charge in [0.25, 0.3) is 0 Å². The van der Waals surface area contributed by atoms with E-state index in [-0.39, 0.29) is 21.7 Å². The van der Waals surface area contributed by atoms with Gasteiger partial charge >= 0.3 is 0 Å². The van der Waals surface area contributed by atoms with Crippen molar-refractivity contribution >= 4 is 64.6 Å². The van der Waals surface area contributed by atoms with E-state index in [0.29, 0.717) is 53.9 Å². The second-order valence-electron chi connectivity index (χ2n) is 8.68. The summed E-state index contributed by atoms with van der Waals surface area (Å²) in [5.74, 6) is 0. The molecule has 7 aromatic rings. The van der Waals surface area contributed by atoms with E-state index in [2.05, 4.69) is 0 Å². The lowest BCUT2D eigenvalue weighted by Gasteiger charge is -2.09. The smallest absolute Gasteiger partial charge is 0.195 e. The van der Waals surface area contributed by atoms with Crippen molar-refractivity contribution in [3.05, 3.63) is 126 Å². The van der Waals surface area contributed by atoms with E-state index in [1.54, 1.807) is 72.8 Å². The molecule has 0 bridgehead atoms. The molecule has 34 heavy (non-hydrogen) atoms. The zero-order valence-corrected chi connectivity index (χ0v) is 17.7. The third-order valence-corrected chi connectivity index (χ3v) is 6.93. The summed E-state index contributed by atoms with van der Waals surface area (Å²) in [6, 6.07) is 24.4. The van der Waals surface area contributed by atoms with Crippen LogP contribution in [0.15, 0.2) is 104 Å². The quantitative estimate of drug-likeness (QED) is 0.249. The second-order valence-corrected chi connectivity index (χ2v) is 8.68. The van der Waals surface area contributed by atoms with Crippen molar-refractivity contribution < 1.29 is 0 Å². The Bertz CT molecular complexity index is 2090. The molecule has 158 valence electrons. The van der Waals surface area contributed by atoms with Crippen LogP contribution >= 0.6 is 0 Å². The Hall–Kier alpha value is -4.70. The molecule has 0 atom stereocenters. The molecule has 0 spiro atoms. The van der Waals surface area contributed by atoms with Gasteiger partial charge in [-0.05, 0) is 45.8 Å². The Labute approximate surface area is 190 Å². The maximum atomic E-state index is 13.4. The predicted molar refractivity (Wildman–Crippen MR) is 139 cm³/mol. The van der Waals surface area contributed by atoms with Crippen LogP contribution in [0.4, 0.5) is 0 Å². The summed E-state index contributed by atoms with van der Waals surface area (Å²) >= 11 is 0. The molecule has 0 amide bonds. The summed E-state index contributed by atoms with van der Waals surface area (Å²) in [4.78, 5) is 53.1. The van der Waals surface area contributed by atoms with Crippen LogP contribution in [0, 0.1) is 0 Å². The zero-order chi connectivity index (χ0) is 23.1. The van der Waals surface area contributed by atoms with Gasteiger partial charge < -0.3 is 0 Å². The highest BCUT2D eigenvalue weighted by molar-refractivity contribution is 6.19. The number of benzene rings is 7. The normalized spacial score (nSPS) is 12.0. The summed E-state index contributed by atoms with van der Waals surface area (Å²) in [6.45, 7) is 0. The Morgan fingerprint density at radius 2 is 0.676 bits per heavy atom. The molecule has 0 heterocycles. The molecule has 0 unspecified atom stereocenters. The van der Waals surface area contributed by atoms with Gasteiger partial charge in [0.1, 0.15) is 0 Å². The summed E-state index contributed by atoms with van der Waals surface area (Å²) in [7, 11) is 0. The van der Waals surface area contributed by atoms with Gasteiger partial charge in [-0.3, -0.25) is 19.2 Å². The van der Waals surface area contributed by atoms with E-state index >= 15 is 0 Å². The fourth-order valence-electron chi connectivity index (χ4n) is 5.33. The number of fused-ring (bicyclic) bond motifs is 8. The van der Waals surface area contributed by atoms with Crippen LogP contribution in [0.2, 0.25) is 0 Å². The van der Waals surface area contributed by atoms with Gasteiger partial charge in [-0.15, -0.1) is 0 Å². The van der Waals surface area contributed by atoms with Crippen molar-refractivity contribution in [1.29, 1.82) is 0 Å². The van der Waals surface area contributed by atoms with Gasteiger partial charge in [0.05, 0.1) is 0 Å². The molecular weight excluding hydrogens is 424 g/mol. The van der Waals surface area contributed by atoms with Crippen LogP contribution in [0.1, 0.15) is 0 Å². The summed E-state index contributed by atoms with van der Waals surface area (Å²) in [5.41, 5.74) is -0.716. The first-order valence-electron chi connectivity index (χ1n) is 10.9. The molecule has 4 heteroatoms. The molecule has 0 aliphatic carbocycles. The third-order valence-electron chi connectivity index (χ3n) is 6.93. The average molecular weight is 438 g/mol. The van der Waals surface area contributed by atoms with Crippen molar-refractivity contribution in [3.63, 3.8) is 0 Å². The van der Waals surface area contributed by atoms with E-state index in [1.165, 1.54) is 0 Å². The van der Waals surface area contributed by atoms with Crippen molar-refractivity contribution in [1.82, 2.24) is 0 Å². The summed E-state index contributed by atoms with van der Waals surface area (Å²) in [6.07, 6.45) is 0. The number of hydrogen-bond acceptors (Lipinski definition) is 4. The fourth-order valence-corrected chi connectivity index (χ4v) is 5.33. The molecule has 0 aromatic heterocycles. The highest BCUT2D eigenvalue weighted by atomic mass is 16.1. The van der Waals surface area contributed by atoms with Gasteiger partial charge in [-0.1, -0.05) is 60.7 Å². The standard InChI is InChI=1S/C30H14O4/c31-27-17-5-1-3-7-19(17)29(33)25-21(27)11-9-15-14-24-16(13-23(15)25)10-12-22-26(24)30(34)20-8-4-2-6-18(20)28(22)32/h1-14H. The Kier molecular flexibility index (Phi) is 3.56. The molecule has 0 saturated heterocycles. The van der Waals surface area contributed by atoms with Crippen molar-refractivity contribution in [3.8, 4) is 0 Å². The van der Waals surface area contributed by atoms with Crippen LogP contribution in [-0.2, 0) is 0 Å². The minimum absolute atomic E-state index is 0.171. The largest absolute Gasteiger partial charge is 0.289 e. The number of rotatable bonds is 0. The molecule has 4 nitrogen and oxygen atoms in total. The molecule has 0 saturated carbocycles. The van der Waals surface area contributed by atoms with Gasteiger partial charge in [0.15, 0.2) is 21.7 Å². The highest BCUT2D eigenvalue weighted by Crippen LogP contribution is 2.31. The molecule has 7 rings (SSSR count). The predicted octanol–water partition coefficient (Wildman–Crippen LogP) is 4.92. The lowest BCUT2D eigenvalue weighted by atomic mass is 9.92. The molecule has 0 aliphatic heterocycles. The maximum Gasteiger partial charge on any atom is 0.195 e. The van der Waals surface area contributed by atoms with Crippen LogP contribution in [-0.4, -0.2) is 0 Å². The molecule has 0 fully saturated rings. The van der Waals surface area contributed by atoms with Crippen LogP contribution in [0.5, 0.6) is 0 Å². The minimum Gasteiger partial charge on any atom is -0.289 e. The first kappa shape index (κ1) is 18.8. The van der Waals surface area contributed by atoms with Gasteiger partial charge in [-0.2, -0.15) is 0 Å². The lowest BCUT2D eigenvalue weighted by Crippen LogP contribution is -2.13. The third kappa shape index (κ3) is 2.27. The zero-order valence-electron chi connectivity index (χ0n) is 17.7. The van der Waals surface area contributed by atoms with E-state index in [4.69, 9.17) is 0 Å². The Morgan fingerprint density at radius 3 is 1.06 bits per heavy atom.